The van der Waals surface area contributed by atoms with Gasteiger partial charge in [0.15, 0.2) is 5.82 Å². The summed E-state index contributed by atoms with van der Waals surface area (Å²) in [5, 5.41) is 4.76. The quantitative estimate of drug-likeness (QED) is 0.643. The second-order valence-corrected chi connectivity index (χ2v) is 7.26. The molecule has 1 amide bonds. The molecule has 0 saturated carbocycles. The zero-order valence-corrected chi connectivity index (χ0v) is 16.7. The monoisotopic (exact) mass is 397 g/mol. The lowest BCUT2D eigenvalue weighted by Gasteiger charge is -2.39. The maximum absolute atomic E-state index is 12.9. The molecule has 1 saturated heterocycles. The number of methoxy groups -OCH3 is 1. The van der Waals surface area contributed by atoms with E-state index in [1.807, 2.05) is 44.2 Å². The standard InChI is InChI=1S/C21H20ClN3O3/c1-12-7-8-14(11-18(12)27-3)21(26)25-10-9-17(25)19-23-20(28-24-19)15-5-4-6-16(22)13(15)2/h4-8,11,17H,9-10H2,1-3H3/t17-/m0/s1. The van der Waals surface area contributed by atoms with Gasteiger partial charge in [-0.1, -0.05) is 28.9 Å². The number of aryl methyl sites for hydroxylation is 1. The van der Waals surface area contributed by atoms with Crippen molar-refractivity contribution in [2.24, 2.45) is 0 Å². The summed E-state index contributed by atoms with van der Waals surface area (Å²) in [5.41, 5.74) is 3.25. The number of hydrogen-bond acceptors (Lipinski definition) is 5. The van der Waals surface area contributed by atoms with Gasteiger partial charge in [-0.05, 0) is 55.7 Å². The Morgan fingerprint density at radius 3 is 2.82 bits per heavy atom. The average Bonchev–Trinajstić information content (AvgIpc) is 3.12. The van der Waals surface area contributed by atoms with Gasteiger partial charge in [0.1, 0.15) is 5.75 Å². The smallest absolute Gasteiger partial charge is 0.258 e. The van der Waals surface area contributed by atoms with Gasteiger partial charge in [0.2, 0.25) is 0 Å². The molecule has 0 radical (unpaired) electrons. The van der Waals surface area contributed by atoms with Crippen LogP contribution in [0.2, 0.25) is 5.02 Å². The number of aromatic nitrogens is 2. The van der Waals surface area contributed by atoms with E-state index >= 15 is 0 Å². The lowest BCUT2D eigenvalue weighted by molar-refractivity contribution is 0.0435. The number of rotatable bonds is 4. The molecule has 0 unspecified atom stereocenters. The van der Waals surface area contributed by atoms with Crippen LogP contribution in [0, 0.1) is 13.8 Å². The number of ether oxygens (including phenoxy) is 1. The summed E-state index contributed by atoms with van der Waals surface area (Å²) in [6, 6.07) is 10.8. The number of carbonyl (C=O) groups is 1. The van der Waals surface area contributed by atoms with Crippen LogP contribution in [0.1, 0.15) is 39.8 Å². The largest absolute Gasteiger partial charge is 0.496 e. The van der Waals surface area contributed by atoms with Crippen LogP contribution in [0.25, 0.3) is 11.5 Å². The number of likely N-dealkylation sites (tertiary alicyclic amines) is 1. The topological polar surface area (TPSA) is 68.5 Å². The molecule has 0 bridgehead atoms. The number of benzene rings is 2. The van der Waals surface area contributed by atoms with Crippen molar-refractivity contribution in [1.82, 2.24) is 15.0 Å². The average molecular weight is 398 g/mol. The predicted octanol–water partition coefficient (Wildman–Crippen LogP) is 4.60. The zero-order chi connectivity index (χ0) is 19.8. The first-order valence-corrected chi connectivity index (χ1v) is 9.42. The first-order valence-electron chi connectivity index (χ1n) is 9.04. The first-order chi connectivity index (χ1) is 13.5. The molecule has 1 aromatic heterocycles. The van der Waals surface area contributed by atoms with E-state index in [0.29, 0.717) is 34.6 Å². The molecule has 1 fully saturated rings. The van der Waals surface area contributed by atoms with E-state index in [0.717, 1.165) is 23.1 Å². The summed E-state index contributed by atoms with van der Waals surface area (Å²) in [7, 11) is 1.60. The van der Waals surface area contributed by atoms with E-state index in [9.17, 15) is 4.79 Å². The Morgan fingerprint density at radius 2 is 2.11 bits per heavy atom. The molecule has 3 aromatic rings. The van der Waals surface area contributed by atoms with Crippen molar-refractivity contribution in [3.05, 3.63) is 63.9 Å². The van der Waals surface area contributed by atoms with E-state index in [-0.39, 0.29) is 11.9 Å². The molecule has 6 nitrogen and oxygen atoms in total. The lowest BCUT2D eigenvalue weighted by Crippen LogP contribution is -2.45. The van der Waals surface area contributed by atoms with Gasteiger partial charge >= 0.3 is 0 Å². The van der Waals surface area contributed by atoms with Crippen molar-refractivity contribution in [3.63, 3.8) is 0 Å². The van der Waals surface area contributed by atoms with Gasteiger partial charge in [-0.15, -0.1) is 0 Å². The molecule has 1 aliphatic heterocycles. The highest BCUT2D eigenvalue weighted by molar-refractivity contribution is 6.31. The van der Waals surface area contributed by atoms with Gasteiger partial charge in [0, 0.05) is 22.7 Å². The minimum absolute atomic E-state index is 0.0696. The van der Waals surface area contributed by atoms with E-state index in [2.05, 4.69) is 10.1 Å². The van der Waals surface area contributed by atoms with Crippen LogP contribution < -0.4 is 4.74 Å². The molecular weight excluding hydrogens is 378 g/mol. The van der Waals surface area contributed by atoms with Crippen LogP contribution in [0.4, 0.5) is 0 Å². The van der Waals surface area contributed by atoms with Crippen molar-refractivity contribution in [2.45, 2.75) is 26.3 Å². The molecular formula is C21H20ClN3O3. The van der Waals surface area contributed by atoms with Gasteiger partial charge in [-0.25, -0.2) is 0 Å². The van der Waals surface area contributed by atoms with Gasteiger partial charge < -0.3 is 14.2 Å². The molecule has 7 heteroatoms. The molecule has 0 spiro atoms. The van der Waals surface area contributed by atoms with Crippen LogP contribution in [-0.4, -0.2) is 34.6 Å². The maximum atomic E-state index is 12.9. The molecule has 1 atom stereocenters. The fourth-order valence-corrected chi connectivity index (χ4v) is 3.51. The molecule has 0 aliphatic carbocycles. The number of amides is 1. The highest BCUT2D eigenvalue weighted by Gasteiger charge is 2.37. The van der Waals surface area contributed by atoms with Crippen molar-refractivity contribution in [2.75, 3.05) is 13.7 Å². The third-order valence-corrected chi connectivity index (χ3v) is 5.58. The van der Waals surface area contributed by atoms with Gasteiger partial charge in [-0.2, -0.15) is 4.98 Å². The Morgan fingerprint density at radius 1 is 1.29 bits per heavy atom. The minimum Gasteiger partial charge on any atom is -0.496 e. The van der Waals surface area contributed by atoms with Crippen molar-refractivity contribution in [3.8, 4) is 17.2 Å². The summed E-state index contributed by atoms with van der Waals surface area (Å²) < 4.78 is 10.8. The summed E-state index contributed by atoms with van der Waals surface area (Å²) in [6.07, 6.45) is 0.794. The second-order valence-electron chi connectivity index (χ2n) is 6.86. The fourth-order valence-electron chi connectivity index (χ4n) is 3.34. The highest BCUT2D eigenvalue weighted by Crippen LogP contribution is 2.35. The van der Waals surface area contributed by atoms with Gasteiger partial charge in [0.25, 0.3) is 11.8 Å². The Hall–Kier alpha value is -2.86. The molecule has 2 aromatic carbocycles. The normalized spacial score (nSPS) is 16.0. The third-order valence-electron chi connectivity index (χ3n) is 5.17. The van der Waals surface area contributed by atoms with Crippen LogP contribution in [0.5, 0.6) is 5.75 Å². The van der Waals surface area contributed by atoms with Gasteiger partial charge in [-0.3, -0.25) is 4.79 Å². The Bertz CT molecular complexity index is 1050. The Kier molecular flexibility index (Phi) is 4.81. The number of halogens is 1. The van der Waals surface area contributed by atoms with E-state index in [1.54, 1.807) is 18.1 Å². The molecule has 0 N–H and O–H groups in total. The molecule has 28 heavy (non-hydrogen) atoms. The van der Waals surface area contributed by atoms with Crippen molar-refractivity contribution >= 4 is 17.5 Å². The third kappa shape index (κ3) is 3.14. The van der Waals surface area contributed by atoms with Crippen LogP contribution in [0.15, 0.2) is 40.9 Å². The number of carbonyl (C=O) groups excluding carboxylic acids is 1. The SMILES string of the molecule is COc1cc(C(=O)N2CC[C@H]2c2noc(-c3cccc(Cl)c3C)n2)ccc1C. The minimum atomic E-state index is -0.197. The summed E-state index contributed by atoms with van der Waals surface area (Å²) >= 11 is 6.19. The molecule has 144 valence electrons. The lowest BCUT2D eigenvalue weighted by atomic mass is 10.00. The summed E-state index contributed by atoms with van der Waals surface area (Å²) in [4.78, 5) is 19.2. The highest BCUT2D eigenvalue weighted by atomic mass is 35.5. The van der Waals surface area contributed by atoms with Crippen molar-refractivity contribution < 1.29 is 14.1 Å². The molecule has 2 heterocycles. The van der Waals surface area contributed by atoms with Crippen molar-refractivity contribution in [1.29, 1.82) is 0 Å². The Balaban J connectivity index is 1.57. The van der Waals surface area contributed by atoms with E-state index in [1.165, 1.54) is 0 Å². The number of nitrogens with zero attached hydrogens (tertiary/aromatic N) is 3. The van der Waals surface area contributed by atoms with Crippen LogP contribution >= 0.6 is 11.6 Å². The second kappa shape index (κ2) is 7.28. The summed E-state index contributed by atoms with van der Waals surface area (Å²) in [6.45, 7) is 4.50. The van der Waals surface area contributed by atoms with Gasteiger partial charge in [0.05, 0.1) is 13.2 Å². The number of hydrogen-bond donors (Lipinski definition) is 0. The molecule has 1 aliphatic rings. The maximum Gasteiger partial charge on any atom is 0.258 e. The summed E-state index contributed by atoms with van der Waals surface area (Å²) in [5.74, 6) is 1.54. The van der Waals surface area contributed by atoms with E-state index in [4.69, 9.17) is 20.9 Å². The predicted molar refractivity (Wildman–Crippen MR) is 106 cm³/mol. The Labute approximate surface area is 168 Å². The zero-order valence-electron chi connectivity index (χ0n) is 15.9. The van der Waals surface area contributed by atoms with E-state index < -0.39 is 0 Å². The fraction of sp³-hybridized carbons (Fsp3) is 0.286. The first kappa shape index (κ1) is 18.5. The van der Waals surface area contributed by atoms with Crippen LogP contribution in [-0.2, 0) is 0 Å². The van der Waals surface area contributed by atoms with Crippen LogP contribution in [0.3, 0.4) is 0 Å². The molecule has 4 rings (SSSR count).